The number of amides is 2. The van der Waals surface area contributed by atoms with E-state index in [0.717, 1.165) is 5.56 Å². The molecule has 0 saturated carbocycles. The van der Waals surface area contributed by atoms with Crippen molar-refractivity contribution in [2.24, 2.45) is 0 Å². The molecule has 1 rings (SSSR count). The summed E-state index contributed by atoms with van der Waals surface area (Å²) in [6.45, 7) is 5.78. The first-order valence-electron chi connectivity index (χ1n) is 8.60. The van der Waals surface area contributed by atoms with E-state index in [2.05, 4.69) is 5.32 Å². The van der Waals surface area contributed by atoms with Crippen molar-refractivity contribution in [3.05, 3.63) is 35.9 Å². The molecule has 0 spiro atoms. The largest absolute Gasteiger partial charge is 0.444 e. The molecule has 0 heterocycles. The molecule has 1 atom stereocenters. The molecule has 25 heavy (non-hydrogen) atoms. The second kappa shape index (κ2) is 10.0. The van der Waals surface area contributed by atoms with Crippen LogP contribution >= 0.6 is 0 Å². The first-order valence-corrected chi connectivity index (χ1v) is 8.60. The summed E-state index contributed by atoms with van der Waals surface area (Å²) in [6.07, 6.45) is 0.886. The normalized spacial score (nSPS) is 12.4. The summed E-state index contributed by atoms with van der Waals surface area (Å²) in [5.41, 5.74) is 0.500. The molecule has 0 aliphatic heterocycles. The first-order chi connectivity index (χ1) is 11.7. The molecule has 2 N–H and O–H groups in total. The minimum Gasteiger partial charge on any atom is -0.444 e. The molecular formula is C19H30N2O4. The van der Waals surface area contributed by atoms with E-state index in [9.17, 15) is 9.59 Å². The maximum absolute atomic E-state index is 12.4. The van der Waals surface area contributed by atoms with Gasteiger partial charge in [0.15, 0.2) is 0 Å². The molecule has 6 nitrogen and oxygen atoms in total. The summed E-state index contributed by atoms with van der Waals surface area (Å²) in [5.74, 6) is -0.135. The number of ether oxygens (including phenoxy) is 1. The number of aliphatic hydroxyl groups is 1. The molecule has 2 amide bonds. The lowest BCUT2D eigenvalue weighted by atomic mass is 10.0. The highest BCUT2D eigenvalue weighted by Gasteiger charge is 2.25. The zero-order valence-electron chi connectivity index (χ0n) is 15.6. The molecule has 0 aliphatic carbocycles. The number of nitrogens with one attached hydrogen (secondary N) is 1. The van der Waals surface area contributed by atoms with Crippen molar-refractivity contribution in [3.63, 3.8) is 0 Å². The molecule has 0 bridgehead atoms. The van der Waals surface area contributed by atoms with Crippen molar-refractivity contribution in [3.8, 4) is 0 Å². The van der Waals surface area contributed by atoms with Crippen molar-refractivity contribution in [2.75, 3.05) is 20.2 Å². The fraction of sp³-hybridized carbons (Fsp3) is 0.579. The van der Waals surface area contributed by atoms with Crippen molar-refractivity contribution in [1.29, 1.82) is 0 Å². The summed E-state index contributed by atoms with van der Waals surface area (Å²) in [4.78, 5) is 25.7. The van der Waals surface area contributed by atoms with Gasteiger partial charge in [-0.3, -0.25) is 4.79 Å². The number of nitrogens with zero attached hydrogens (tertiary/aromatic N) is 1. The topological polar surface area (TPSA) is 78.9 Å². The molecule has 0 saturated heterocycles. The smallest absolute Gasteiger partial charge is 0.410 e. The monoisotopic (exact) mass is 350 g/mol. The van der Waals surface area contributed by atoms with E-state index in [0.29, 0.717) is 19.4 Å². The fourth-order valence-electron chi connectivity index (χ4n) is 2.27. The van der Waals surface area contributed by atoms with Crippen LogP contribution in [0.3, 0.4) is 0 Å². The van der Waals surface area contributed by atoms with Gasteiger partial charge in [0, 0.05) is 26.6 Å². The maximum atomic E-state index is 12.4. The van der Waals surface area contributed by atoms with Crippen LogP contribution in [0.4, 0.5) is 4.79 Å². The van der Waals surface area contributed by atoms with E-state index in [1.165, 1.54) is 4.90 Å². The highest BCUT2D eigenvalue weighted by atomic mass is 16.6. The first kappa shape index (κ1) is 21.0. The van der Waals surface area contributed by atoms with E-state index < -0.39 is 11.7 Å². The Morgan fingerprint density at radius 2 is 1.88 bits per heavy atom. The van der Waals surface area contributed by atoms with Gasteiger partial charge in [0.2, 0.25) is 5.91 Å². The number of carbonyl (C=O) groups is 2. The van der Waals surface area contributed by atoms with Gasteiger partial charge in [-0.05, 0) is 39.2 Å². The van der Waals surface area contributed by atoms with Crippen LogP contribution in [-0.2, 0) is 16.0 Å². The molecule has 1 aromatic carbocycles. The maximum Gasteiger partial charge on any atom is 0.410 e. The van der Waals surface area contributed by atoms with Crippen molar-refractivity contribution in [1.82, 2.24) is 10.2 Å². The lowest BCUT2D eigenvalue weighted by Crippen LogP contribution is -2.47. The summed E-state index contributed by atoms with van der Waals surface area (Å²) in [5, 5.41) is 11.6. The minimum absolute atomic E-state index is 0.0152. The number of aliphatic hydroxyl groups excluding tert-OH is 1. The third-order valence-corrected chi connectivity index (χ3v) is 3.64. The molecule has 0 aromatic heterocycles. The zero-order chi connectivity index (χ0) is 18.9. The SMILES string of the molecule is CN(C(=O)OC(C)(C)C)[C@@H](CNC(=O)CCCO)Cc1ccccc1. The van der Waals surface area contributed by atoms with Crippen LogP contribution in [0.25, 0.3) is 0 Å². The molecule has 0 radical (unpaired) electrons. The van der Waals surface area contributed by atoms with E-state index in [1.54, 1.807) is 7.05 Å². The second-order valence-electron chi connectivity index (χ2n) is 7.07. The molecule has 0 unspecified atom stereocenters. The summed E-state index contributed by atoms with van der Waals surface area (Å²) in [7, 11) is 1.68. The van der Waals surface area contributed by atoms with Crippen LogP contribution in [-0.4, -0.2) is 53.8 Å². The van der Waals surface area contributed by atoms with Crippen LogP contribution in [0, 0.1) is 0 Å². The third kappa shape index (κ3) is 8.54. The molecule has 1 aromatic rings. The Bertz CT molecular complexity index is 540. The number of benzene rings is 1. The van der Waals surface area contributed by atoms with Crippen molar-refractivity contribution in [2.45, 2.75) is 51.7 Å². The fourth-order valence-corrected chi connectivity index (χ4v) is 2.27. The van der Waals surface area contributed by atoms with Crippen LogP contribution in [0.15, 0.2) is 30.3 Å². The van der Waals surface area contributed by atoms with Crippen LogP contribution < -0.4 is 5.32 Å². The standard InChI is InChI=1S/C19H30N2O4/c1-19(2,3)25-18(24)21(4)16(13-15-9-6-5-7-10-15)14-20-17(23)11-8-12-22/h5-7,9-10,16,22H,8,11-14H2,1-4H3,(H,20,23)/t16-/m1/s1. The number of hydrogen-bond acceptors (Lipinski definition) is 4. The number of carbonyl (C=O) groups excluding carboxylic acids is 2. The van der Waals surface area contributed by atoms with Crippen molar-refractivity contribution >= 4 is 12.0 Å². The second-order valence-corrected chi connectivity index (χ2v) is 7.07. The quantitative estimate of drug-likeness (QED) is 0.754. The van der Waals surface area contributed by atoms with Gasteiger partial charge in [0.25, 0.3) is 0 Å². The zero-order valence-corrected chi connectivity index (χ0v) is 15.6. The Hall–Kier alpha value is -2.08. The average Bonchev–Trinajstić information content (AvgIpc) is 2.55. The highest BCUT2D eigenvalue weighted by Crippen LogP contribution is 2.13. The Labute approximate surface area is 150 Å². The van der Waals surface area contributed by atoms with Crippen LogP contribution in [0.1, 0.15) is 39.2 Å². The van der Waals surface area contributed by atoms with Crippen molar-refractivity contribution < 1.29 is 19.4 Å². The Morgan fingerprint density at radius 3 is 2.44 bits per heavy atom. The summed E-state index contributed by atoms with van der Waals surface area (Å²) < 4.78 is 5.43. The predicted molar refractivity (Wildman–Crippen MR) is 97.3 cm³/mol. The molecule has 0 fully saturated rings. The van der Waals surface area contributed by atoms with E-state index in [1.807, 2.05) is 51.1 Å². The number of rotatable bonds is 8. The lowest BCUT2D eigenvalue weighted by Gasteiger charge is -2.31. The van der Waals surface area contributed by atoms with Gasteiger partial charge in [-0.25, -0.2) is 4.79 Å². The van der Waals surface area contributed by atoms with Gasteiger partial charge in [0.05, 0.1) is 6.04 Å². The average molecular weight is 350 g/mol. The van der Waals surface area contributed by atoms with E-state index in [4.69, 9.17) is 9.84 Å². The molecule has 6 heteroatoms. The minimum atomic E-state index is -0.576. The summed E-state index contributed by atoms with van der Waals surface area (Å²) in [6, 6.07) is 9.58. The molecule has 0 aliphatic rings. The number of likely N-dealkylation sites (N-methyl/N-ethyl adjacent to an activating group) is 1. The van der Waals surface area contributed by atoms with Gasteiger partial charge in [0.1, 0.15) is 5.60 Å². The lowest BCUT2D eigenvalue weighted by molar-refractivity contribution is -0.121. The predicted octanol–water partition coefficient (Wildman–Crippen LogP) is 2.35. The Morgan fingerprint density at radius 1 is 1.24 bits per heavy atom. The number of hydrogen-bond donors (Lipinski definition) is 2. The third-order valence-electron chi connectivity index (χ3n) is 3.64. The van der Waals surface area contributed by atoms with Gasteiger partial charge in [-0.15, -0.1) is 0 Å². The highest BCUT2D eigenvalue weighted by molar-refractivity contribution is 5.76. The Kier molecular flexibility index (Phi) is 8.41. The van der Waals surface area contributed by atoms with E-state index >= 15 is 0 Å². The van der Waals surface area contributed by atoms with Crippen LogP contribution in [0.5, 0.6) is 0 Å². The van der Waals surface area contributed by atoms with Crippen LogP contribution in [0.2, 0.25) is 0 Å². The van der Waals surface area contributed by atoms with E-state index in [-0.39, 0.29) is 25.0 Å². The van der Waals surface area contributed by atoms with Gasteiger partial charge < -0.3 is 20.1 Å². The Balaban J connectivity index is 2.76. The molecular weight excluding hydrogens is 320 g/mol. The van der Waals surface area contributed by atoms with Gasteiger partial charge in [-0.1, -0.05) is 30.3 Å². The van der Waals surface area contributed by atoms with Gasteiger partial charge >= 0.3 is 6.09 Å². The summed E-state index contributed by atoms with van der Waals surface area (Å²) >= 11 is 0. The molecule has 140 valence electrons. The van der Waals surface area contributed by atoms with Gasteiger partial charge in [-0.2, -0.15) is 0 Å².